The fourth-order valence-electron chi connectivity index (χ4n) is 2.80. The van der Waals surface area contributed by atoms with E-state index in [1.165, 1.54) is 11.3 Å². The predicted octanol–water partition coefficient (Wildman–Crippen LogP) is 2.87. The largest absolute Gasteiger partial charge is 0.369 e. The summed E-state index contributed by atoms with van der Waals surface area (Å²) in [5, 5.41) is 10.5. The van der Waals surface area contributed by atoms with Gasteiger partial charge in [0.1, 0.15) is 10.0 Å². The molecule has 1 aliphatic rings. The zero-order valence-corrected chi connectivity index (χ0v) is 13.7. The highest BCUT2D eigenvalue weighted by molar-refractivity contribution is 7.11. The van der Waals surface area contributed by atoms with E-state index in [-0.39, 0.29) is 0 Å². The van der Waals surface area contributed by atoms with Crippen molar-refractivity contribution in [3.05, 3.63) is 39.8 Å². The van der Waals surface area contributed by atoms with Crippen LogP contribution in [0, 0.1) is 13.8 Å². The van der Waals surface area contributed by atoms with Crippen LogP contribution in [0.4, 0.5) is 5.69 Å². The minimum absolute atomic E-state index is 0.532. The number of benzene rings is 1. The second kappa shape index (κ2) is 6.12. The Bertz CT molecular complexity index is 593. The molecule has 5 heteroatoms. The topological polar surface area (TPSA) is 32.3 Å². The van der Waals surface area contributed by atoms with E-state index < -0.39 is 0 Å². The summed E-state index contributed by atoms with van der Waals surface area (Å²) in [6, 6.07) is 9.37. The molecule has 0 bridgehead atoms. The quantitative estimate of drug-likeness (QED) is 0.873. The molecule has 2 heterocycles. The fraction of sp³-hybridized carbons (Fsp3) is 0.500. The van der Waals surface area contributed by atoms with Gasteiger partial charge in [0, 0.05) is 31.4 Å². The van der Waals surface area contributed by atoms with Crippen molar-refractivity contribution in [3.63, 3.8) is 0 Å². The van der Waals surface area contributed by atoms with E-state index in [4.69, 9.17) is 0 Å². The summed E-state index contributed by atoms with van der Waals surface area (Å²) in [5.41, 5.74) is 2.65. The van der Waals surface area contributed by atoms with Crippen LogP contribution in [-0.4, -0.2) is 40.8 Å². The Morgan fingerprint density at radius 2 is 1.90 bits per heavy atom. The van der Waals surface area contributed by atoms with Crippen LogP contribution in [-0.2, 0) is 6.54 Å². The van der Waals surface area contributed by atoms with Crippen molar-refractivity contribution in [2.45, 2.75) is 33.4 Å². The molecule has 3 rings (SSSR count). The zero-order chi connectivity index (χ0) is 14.8. The number of aromatic nitrogens is 2. The average molecular weight is 302 g/mol. The van der Waals surface area contributed by atoms with Crippen LogP contribution in [0.1, 0.15) is 22.5 Å². The van der Waals surface area contributed by atoms with Crippen LogP contribution < -0.4 is 4.90 Å². The van der Waals surface area contributed by atoms with Gasteiger partial charge in [0.25, 0.3) is 0 Å². The van der Waals surface area contributed by atoms with Crippen molar-refractivity contribution in [1.82, 2.24) is 15.1 Å². The molecule has 1 atom stereocenters. The van der Waals surface area contributed by atoms with Crippen LogP contribution in [0.25, 0.3) is 0 Å². The number of rotatable bonds is 3. The van der Waals surface area contributed by atoms with E-state index in [1.807, 2.05) is 6.92 Å². The molecular formula is C16H22N4S. The highest BCUT2D eigenvalue weighted by atomic mass is 32.1. The van der Waals surface area contributed by atoms with Gasteiger partial charge in [-0.3, -0.25) is 4.90 Å². The molecular weight excluding hydrogens is 280 g/mol. The molecule has 2 aromatic rings. The van der Waals surface area contributed by atoms with Crippen LogP contribution >= 0.6 is 11.3 Å². The molecule has 0 N–H and O–H groups in total. The van der Waals surface area contributed by atoms with Crippen LogP contribution in [0.3, 0.4) is 0 Å². The minimum atomic E-state index is 0.532. The maximum absolute atomic E-state index is 4.24. The van der Waals surface area contributed by atoms with Gasteiger partial charge in [0.2, 0.25) is 0 Å². The van der Waals surface area contributed by atoms with E-state index in [1.54, 1.807) is 11.3 Å². The normalized spacial score (nSPS) is 20.0. The summed E-state index contributed by atoms with van der Waals surface area (Å²) in [7, 11) is 0. The number of piperazine rings is 1. The zero-order valence-electron chi connectivity index (χ0n) is 12.9. The van der Waals surface area contributed by atoms with E-state index >= 15 is 0 Å². The maximum atomic E-state index is 4.24. The maximum Gasteiger partial charge on any atom is 0.131 e. The van der Waals surface area contributed by atoms with Crippen molar-refractivity contribution >= 4 is 17.0 Å². The van der Waals surface area contributed by atoms with Gasteiger partial charge in [0.15, 0.2) is 0 Å². The Kier molecular flexibility index (Phi) is 4.22. The molecule has 0 unspecified atom stereocenters. The Balaban J connectivity index is 1.62. The molecule has 1 aromatic heterocycles. The van der Waals surface area contributed by atoms with Crippen molar-refractivity contribution < 1.29 is 0 Å². The summed E-state index contributed by atoms with van der Waals surface area (Å²) in [4.78, 5) is 4.98. The predicted molar refractivity (Wildman–Crippen MR) is 87.9 cm³/mol. The lowest BCUT2D eigenvalue weighted by Gasteiger charge is -2.40. The lowest BCUT2D eigenvalue weighted by atomic mass is 10.1. The summed E-state index contributed by atoms with van der Waals surface area (Å²) in [6.07, 6.45) is 0. The van der Waals surface area contributed by atoms with Gasteiger partial charge >= 0.3 is 0 Å². The first-order valence-corrected chi connectivity index (χ1v) is 8.28. The molecule has 0 saturated carbocycles. The van der Waals surface area contributed by atoms with E-state index in [0.717, 1.165) is 36.2 Å². The number of aryl methyl sites for hydroxylation is 2. The fourth-order valence-corrected chi connectivity index (χ4v) is 3.53. The van der Waals surface area contributed by atoms with Crippen molar-refractivity contribution in [1.29, 1.82) is 0 Å². The van der Waals surface area contributed by atoms with Gasteiger partial charge in [-0.1, -0.05) is 17.7 Å². The first-order valence-electron chi connectivity index (χ1n) is 7.46. The Hall–Kier alpha value is -1.46. The summed E-state index contributed by atoms with van der Waals surface area (Å²) in [6.45, 7) is 10.6. The minimum Gasteiger partial charge on any atom is -0.369 e. The van der Waals surface area contributed by atoms with Gasteiger partial charge in [0.05, 0.1) is 6.54 Å². The summed E-state index contributed by atoms with van der Waals surface area (Å²) in [5.74, 6) is 0. The molecule has 112 valence electrons. The van der Waals surface area contributed by atoms with Crippen molar-refractivity contribution in [2.24, 2.45) is 0 Å². The second-order valence-corrected chi connectivity index (χ2v) is 7.08. The van der Waals surface area contributed by atoms with Gasteiger partial charge in [-0.05, 0) is 32.9 Å². The van der Waals surface area contributed by atoms with E-state index in [0.29, 0.717) is 6.04 Å². The van der Waals surface area contributed by atoms with Crippen LogP contribution in [0.5, 0.6) is 0 Å². The van der Waals surface area contributed by atoms with Gasteiger partial charge in [-0.25, -0.2) is 0 Å². The Labute approximate surface area is 130 Å². The van der Waals surface area contributed by atoms with Gasteiger partial charge in [-0.2, -0.15) is 0 Å². The molecule has 0 aliphatic carbocycles. The molecule has 0 amide bonds. The van der Waals surface area contributed by atoms with Crippen molar-refractivity contribution in [2.75, 3.05) is 24.5 Å². The molecule has 1 saturated heterocycles. The first kappa shape index (κ1) is 14.5. The Morgan fingerprint density at radius 3 is 2.52 bits per heavy atom. The van der Waals surface area contributed by atoms with E-state index in [9.17, 15) is 0 Å². The number of hydrogen-bond acceptors (Lipinski definition) is 5. The van der Waals surface area contributed by atoms with Crippen molar-refractivity contribution in [3.8, 4) is 0 Å². The summed E-state index contributed by atoms with van der Waals surface area (Å²) >= 11 is 1.70. The van der Waals surface area contributed by atoms with Crippen LogP contribution in [0.15, 0.2) is 24.3 Å². The average Bonchev–Trinajstić information content (AvgIpc) is 2.87. The smallest absolute Gasteiger partial charge is 0.131 e. The molecule has 1 aliphatic heterocycles. The van der Waals surface area contributed by atoms with Crippen LogP contribution in [0.2, 0.25) is 0 Å². The molecule has 1 fully saturated rings. The Morgan fingerprint density at radius 1 is 1.14 bits per heavy atom. The second-order valence-electron chi connectivity index (χ2n) is 5.82. The third-order valence-corrected chi connectivity index (χ3v) is 4.89. The molecule has 4 nitrogen and oxygen atoms in total. The number of nitrogens with zero attached hydrogens (tertiary/aromatic N) is 4. The first-order chi connectivity index (χ1) is 10.1. The highest BCUT2D eigenvalue weighted by Gasteiger charge is 2.24. The number of hydrogen-bond donors (Lipinski definition) is 0. The van der Waals surface area contributed by atoms with Gasteiger partial charge in [-0.15, -0.1) is 21.5 Å². The standard InChI is InChI=1S/C16H22N4S/c1-12-4-6-15(7-5-12)20-9-8-19(13(2)10-20)11-16-18-17-14(3)21-16/h4-7,13H,8-11H2,1-3H3/t13-/m1/s1. The number of anilines is 1. The molecule has 0 spiro atoms. The molecule has 1 aromatic carbocycles. The highest BCUT2D eigenvalue weighted by Crippen LogP contribution is 2.21. The third-order valence-electron chi connectivity index (χ3n) is 4.07. The summed E-state index contributed by atoms with van der Waals surface area (Å²) < 4.78 is 0. The SMILES string of the molecule is Cc1ccc(N2CCN(Cc3nnc(C)s3)[C@H](C)C2)cc1. The lowest BCUT2D eigenvalue weighted by molar-refractivity contribution is 0.180. The molecule has 21 heavy (non-hydrogen) atoms. The monoisotopic (exact) mass is 302 g/mol. The molecule has 0 radical (unpaired) electrons. The third kappa shape index (κ3) is 3.41. The van der Waals surface area contributed by atoms with Gasteiger partial charge < -0.3 is 4.90 Å². The van der Waals surface area contributed by atoms with E-state index in [2.05, 4.69) is 58.1 Å². The lowest BCUT2D eigenvalue weighted by Crippen LogP contribution is -2.51.